The second kappa shape index (κ2) is 6.70. The first-order chi connectivity index (χ1) is 11.4. The van der Waals surface area contributed by atoms with Crippen LogP contribution in [0.1, 0.15) is 10.4 Å². The number of nitrogens with zero attached hydrogens (tertiary/aromatic N) is 3. The average molecular weight is 367 g/mol. The first kappa shape index (κ1) is 17.2. The number of hydrogen-bond acceptors (Lipinski definition) is 4. The number of amides is 1. The molecule has 0 spiro atoms. The zero-order chi connectivity index (χ0) is 17.3. The summed E-state index contributed by atoms with van der Waals surface area (Å²) in [4.78, 5) is 15.1. The van der Waals surface area contributed by atoms with Crippen molar-refractivity contribution in [3.05, 3.63) is 41.0 Å². The lowest BCUT2D eigenvalue weighted by Gasteiger charge is -2.33. The van der Waals surface area contributed by atoms with E-state index in [1.807, 2.05) is 43.1 Å². The van der Waals surface area contributed by atoms with E-state index in [-0.39, 0.29) is 5.91 Å². The van der Waals surface area contributed by atoms with Crippen LogP contribution in [-0.4, -0.2) is 54.3 Å². The maximum absolute atomic E-state index is 12.6. The summed E-state index contributed by atoms with van der Waals surface area (Å²) in [5, 5.41) is 0. The molecule has 3 rings (SSSR count). The van der Waals surface area contributed by atoms with Crippen molar-refractivity contribution in [2.24, 2.45) is 7.05 Å². The van der Waals surface area contributed by atoms with Gasteiger partial charge in [0.15, 0.2) is 0 Å². The minimum atomic E-state index is -3.44. The van der Waals surface area contributed by atoms with Crippen LogP contribution >= 0.6 is 11.3 Å². The summed E-state index contributed by atoms with van der Waals surface area (Å²) >= 11 is 1.29. The Morgan fingerprint density at radius 3 is 2.42 bits per heavy atom. The zero-order valence-electron chi connectivity index (χ0n) is 13.8. The van der Waals surface area contributed by atoms with Crippen LogP contribution in [0.3, 0.4) is 0 Å². The molecular formula is C16H21N3O3S2. The maximum Gasteiger partial charge on any atom is 0.252 e. The van der Waals surface area contributed by atoms with E-state index < -0.39 is 10.0 Å². The van der Waals surface area contributed by atoms with Gasteiger partial charge in [-0.25, -0.2) is 8.42 Å². The molecule has 0 saturated carbocycles. The fraction of sp³-hybridized carbons (Fsp3) is 0.438. The van der Waals surface area contributed by atoms with Crippen molar-refractivity contribution >= 4 is 27.3 Å². The Kier molecular flexibility index (Phi) is 4.80. The van der Waals surface area contributed by atoms with Crippen molar-refractivity contribution in [3.8, 4) is 0 Å². The molecule has 1 aliphatic heterocycles. The number of carbonyl (C=O) groups excluding carboxylic acids is 1. The van der Waals surface area contributed by atoms with Crippen LogP contribution in [0.5, 0.6) is 0 Å². The molecule has 130 valence electrons. The van der Waals surface area contributed by atoms with Gasteiger partial charge >= 0.3 is 0 Å². The van der Waals surface area contributed by atoms with Crippen LogP contribution in [0.4, 0.5) is 0 Å². The molecule has 1 fully saturated rings. The fourth-order valence-electron chi connectivity index (χ4n) is 2.81. The lowest BCUT2D eigenvalue weighted by Crippen LogP contribution is -2.50. The van der Waals surface area contributed by atoms with Crippen LogP contribution in [0.25, 0.3) is 0 Å². The summed E-state index contributed by atoms with van der Waals surface area (Å²) in [6, 6.07) is 5.40. The Bertz CT molecular complexity index is 830. The molecule has 2 aromatic rings. The van der Waals surface area contributed by atoms with Gasteiger partial charge in [0.05, 0.1) is 6.42 Å². The number of aromatic nitrogens is 1. The van der Waals surface area contributed by atoms with E-state index in [1.54, 1.807) is 11.0 Å². The molecule has 1 saturated heterocycles. The predicted octanol–water partition coefficient (Wildman–Crippen LogP) is 1.47. The van der Waals surface area contributed by atoms with Crippen molar-refractivity contribution in [1.82, 2.24) is 13.8 Å². The Morgan fingerprint density at radius 1 is 1.17 bits per heavy atom. The molecule has 0 aromatic carbocycles. The smallest absolute Gasteiger partial charge is 0.252 e. The average Bonchev–Trinajstić information content (AvgIpc) is 3.16. The molecule has 0 bridgehead atoms. The first-order valence-corrected chi connectivity index (χ1v) is 10.1. The minimum absolute atomic E-state index is 0.0465. The number of carbonyl (C=O) groups is 1. The van der Waals surface area contributed by atoms with Crippen molar-refractivity contribution in [1.29, 1.82) is 0 Å². The third kappa shape index (κ3) is 3.55. The Morgan fingerprint density at radius 2 is 1.88 bits per heavy atom. The lowest BCUT2D eigenvalue weighted by atomic mass is 10.2. The van der Waals surface area contributed by atoms with Crippen molar-refractivity contribution in [2.75, 3.05) is 26.2 Å². The van der Waals surface area contributed by atoms with E-state index in [9.17, 15) is 13.2 Å². The molecule has 1 amide bonds. The zero-order valence-corrected chi connectivity index (χ0v) is 15.4. The van der Waals surface area contributed by atoms with E-state index >= 15 is 0 Å². The quantitative estimate of drug-likeness (QED) is 0.822. The molecule has 2 aromatic heterocycles. The largest absolute Gasteiger partial charge is 0.357 e. The van der Waals surface area contributed by atoms with E-state index in [1.165, 1.54) is 15.6 Å². The van der Waals surface area contributed by atoms with E-state index in [0.29, 0.717) is 36.8 Å². The molecule has 1 aliphatic rings. The highest BCUT2D eigenvalue weighted by molar-refractivity contribution is 7.91. The van der Waals surface area contributed by atoms with Crippen molar-refractivity contribution < 1.29 is 13.2 Å². The summed E-state index contributed by atoms with van der Waals surface area (Å²) in [5.74, 6) is 0.0465. The van der Waals surface area contributed by atoms with Gasteiger partial charge in [0.1, 0.15) is 4.21 Å². The number of piperazine rings is 1. The molecule has 0 aliphatic carbocycles. The fourth-order valence-corrected chi connectivity index (χ4v) is 5.67. The van der Waals surface area contributed by atoms with Crippen LogP contribution in [0.15, 0.2) is 34.8 Å². The van der Waals surface area contributed by atoms with Gasteiger partial charge in [0, 0.05) is 50.5 Å². The Balaban J connectivity index is 1.60. The standard InChI is InChI=1S/C16H21N3O3S2/c1-13-3-4-16(23-13)24(21,22)19-9-7-18(8-10-19)15(20)11-14-5-6-17(2)12-14/h3-6,12H,7-11H2,1-2H3. The van der Waals surface area contributed by atoms with Gasteiger partial charge in [0.2, 0.25) is 5.91 Å². The van der Waals surface area contributed by atoms with Gasteiger partial charge in [-0.1, -0.05) is 0 Å². The number of aryl methyl sites for hydroxylation is 2. The number of hydrogen-bond donors (Lipinski definition) is 0. The molecule has 0 N–H and O–H groups in total. The van der Waals surface area contributed by atoms with E-state index in [2.05, 4.69) is 0 Å². The number of rotatable bonds is 4. The summed E-state index contributed by atoms with van der Waals surface area (Å²) in [6.45, 7) is 3.47. The van der Waals surface area contributed by atoms with Gasteiger partial charge in [-0.3, -0.25) is 4.79 Å². The topological polar surface area (TPSA) is 62.6 Å². The highest BCUT2D eigenvalue weighted by Gasteiger charge is 2.30. The van der Waals surface area contributed by atoms with Crippen molar-refractivity contribution in [2.45, 2.75) is 17.6 Å². The minimum Gasteiger partial charge on any atom is -0.357 e. The molecule has 0 atom stereocenters. The van der Waals surface area contributed by atoms with Gasteiger partial charge in [-0.15, -0.1) is 11.3 Å². The summed E-state index contributed by atoms with van der Waals surface area (Å²) in [7, 11) is -1.51. The molecule has 3 heterocycles. The van der Waals surface area contributed by atoms with Gasteiger partial charge < -0.3 is 9.47 Å². The molecule has 24 heavy (non-hydrogen) atoms. The highest BCUT2D eigenvalue weighted by Crippen LogP contribution is 2.25. The van der Waals surface area contributed by atoms with Gasteiger partial charge in [-0.2, -0.15) is 4.31 Å². The molecule has 0 radical (unpaired) electrons. The van der Waals surface area contributed by atoms with Crippen LogP contribution in [-0.2, 0) is 28.3 Å². The van der Waals surface area contributed by atoms with E-state index in [0.717, 1.165) is 10.4 Å². The molecule has 6 nitrogen and oxygen atoms in total. The maximum atomic E-state index is 12.6. The molecule has 0 unspecified atom stereocenters. The normalized spacial score (nSPS) is 16.5. The summed E-state index contributed by atoms with van der Waals surface area (Å²) in [5.41, 5.74) is 0.978. The number of thiophene rings is 1. The first-order valence-electron chi connectivity index (χ1n) is 7.81. The Hall–Kier alpha value is -1.64. The third-order valence-corrected chi connectivity index (χ3v) is 7.52. The van der Waals surface area contributed by atoms with Crippen LogP contribution in [0.2, 0.25) is 0 Å². The van der Waals surface area contributed by atoms with Gasteiger partial charge in [0.25, 0.3) is 10.0 Å². The van der Waals surface area contributed by atoms with Crippen LogP contribution < -0.4 is 0 Å². The molecular weight excluding hydrogens is 346 g/mol. The second-order valence-electron chi connectivity index (χ2n) is 6.01. The lowest BCUT2D eigenvalue weighted by molar-refractivity contribution is -0.131. The Labute approximate surface area is 146 Å². The highest BCUT2D eigenvalue weighted by atomic mass is 32.2. The SMILES string of the molecule is Cc1ccc(S(=O)(=O)N2CCN(C(=O)Cc3ccn(C)c3)CC2)s1. The predicted molar refractivity (Wildman–Crippen MR) is 93.5 cm³/mol. The van der Waals surface area contributed by atoms with E-state index in [4.69, 9.17) is 0 Å². The summed E-state index contributed by atoms with van der Waals surface area (Å²) in [6.07, 6.45) is 4.20. The van der Waals surface area contributed by atoms with Crippen LogP contribution in [0, 0.1) is 6.92 Å². The molecule has 8 heteroatoms. The van der Waals surface area contributed by atoms with Gasteiger partial charge in [-0.05, 0) is 30.7 Å². The summed E-state index contributed by atoms with van der Waals surface area (Å²) < 4.78 is 29.0. The monoisotopic (exact) mass is 367 g/mol. The van der Waals surface area contributed by atoms with Crippen molar-refractivity contribution in [3.63, 3.8) is 0 Å². The second-order valence-corrected chi connectivity index (χ2v) is 9.46. The number of sulfonamides is 1. The third-order valence-electron chi connectivity index (χ3n) is 4.15.